The highest BCUT2D eigenvalue weighted by Crippen LogP contribution is 2.36. The Morgan fingerprint density at radius 1 is 1.05 bits per heavy atom. The molecule has 10 heteroatoms. The first-order valence-electron chi connectivity index (χ1n) is 13.7. The first kappa shape index (κ1) is 27.6. The number of amides is 1. The summed E-state index contributed by atoms with van der Waals surface area (Å²) in [6, 6.07) is 21.4. The van der Waals surface area contributed by atoms with Gasteiger partial charge < -0.3 is 15.5 Å². The number of nitrogens with zero attached hydrogens (tertiary/aromatic N) is 3. The topological polar surface area (TPSA) is 106 Å². The van der Waals surface area contributed by atoms with Crippen LogP contribution in [0.1, 0.15) is 34.0 Å². The summed E-state index contributed by atoms with van der Waals surface area (Å²) in [6.07, 6.45) is 1.77. The number of hydrogen-bond acceptors (Lipinski definition) is 6. The van der Waals surface area contributed by atoms with Crippen molar-refractivity contribution in [1.29, 1.82) is 5.41 Å². The van der Waals surface area contributed by atoms with Gasteiger partial charge in [0.15, 0.2) is 5.96 Å². The number of halogens is 2. The van der Waals surface area contributed by atoms with E-state index in [-0.39, 0.29) is 23.7 Å². The molecule has 1 atom stereocenters. The van der Waals surface area contributed by atoms with E-state index < -0.39 is 0 Å². The minimum Gasteiger partial charge on any atom is -0.340 e. The summed E-state index contributed by atoms with van der Waals surface area (Å²) in [7, 11) is 0. The first-order chi connectivity index (χ1) is 20.4. The van der Waals surface area contributed by atoms with Gasteiger partial charge in [-0.1, -0.05) is 29.8 Å². The Morgan fingerprint density at radius 2 is 1.86 bits per heavy atom. The van der Waals surface area contributed by atoms with Gasteiger partial charge in [-0.05, 0) is 78.2 Å². The molecule has 1 aromatic heterocycles. The number of fused-ring (bicyclic) bond motifs is 3. The zero-order valence-electron chi connectivity index (χ0n) is 22.9. The predicted molar refractivity (Wildman–Crippen MR) is 164 cm³/mol. The van der Waals surface area contributed by atoms with E-state index >= 15 is 0 Å². The molecule has 6 rings (SSSR count). The maximum Gasteiger partial charge on any atom is 0.257 e. The fourth-order valence-electron chi connectivity index (χ4n) is 5.26. The van der Waals surface area contributed by atoms with Crippen LogP contribution in [-0.4, -0.2) is 53.1 Å². The number of anilines is 2. The van der Waals surface area contributed by atoms with Crippen molar-refractivity contribution < 1.29 is 9.18 Å². The Labute approximate surface area is 248 Å². The normalized spacial score (nSPS) is 16.0. The number of carbonyl (C=O) groups excluding carboxylic acids is 1. The highest BCUT2D eigenvalue weighted by atomic mass is 35.5. The molecule has 0 aliphatic carbocycles. The largest absolute Gasteiger partial charge is 0.340 e. The van der Waals surface area contributed by atoms with Gasteiger partial charge in [-0.25, -0.2) is 9.37 Å². The van der Waals surface area contributed by atoms with E-state index in [1.807, 2.05) is 29.2 Å². The third-order valence-electron chi connectivity index (χ3n) is 7.39. The lowest BCUT2D eigenvalue weighted by Crippen LogP contribution is -2.55. The summed E-state index contributed by atoms with van der Waals surface area (Å²) in [5, 5.41) is 18.1. The minimum atomic E-state index is -0.346. The van der Waals surface area contributed by atoms with Gasteiger partial charge in [0, 0.05) is 59.3 Å². The number of nitrogens with one attached hydrogen (secondary N) is 4. The molecule has 1 unspecified atom stereocenters. The minimum absolute atomic E-state index is 0.105. The van der Waals surface area contributed by atoms with Gasteiger partial charge in [-0.3, -0.25) is 20.5 Å². The molecule has 2 aliphatic rings. The molecule has 4 N–H and O–H groups in total. The number of pyridine rings is 1. The van der Waals surface area contributed by atoms with Crippen LogP contribution in [0.4, 0.5) is 15.9 Å². The van der Waals surface area contributed by atoms with E-state index in [0.29, 0.717) is 47.3 Å². The van der Waals surface area contributed by atoms with E-state index in [0.717, 1.165) is 34.5 Å². The van der Waals surface area contributed by atoms with Gasteiger partial charge >= 0.3 is 0 Å². The Hall–Kier alpha value is -4.60. The van der Waals surface area contributed by atoms with Gasteiger partial charge in [0.2, 0.25) is 0 Å². The van der Waals surface area contributed by atoms with Gasteiger partial charge in [0.1, 0.15) is 11.6 Å². The number of guanidine groups is 1. The van der Waals surface area contributed by atoms with E-state index in [1.165, 1.54) is 6.07 Å². The number of carbonyl (C=O) groups is 1. The molecule has 8 nitrogen and oxygen atoms in total. The fourth-order valence-corrected chi connectivity index (χ4v) is 5.43. The average molecular weight is 582 g/mol. The molecule has 3 aromatic carbocycles. The molecule has 0 saturated carbocycles. The summed E-state index contributed by atoms with van der Waals surface area (Å²) < 4.78 is 14.8. The van der Waals surface area contributed by atoms with Crippen LogP contribution in [0.3, 0.4) is 0 Å². The van der Waals surface area contributed by atoms with Crippen LogP contribution in [-0.2, 0) is 6.54 Å². The summed E-state index contributed by atoms with van der Waals surface area (Å²) in [6.45, 7) is 4.51. The van der Waals surface area contributed by atoms with Crippen molar-refractivity contribution in [3.05, 3.63) is 112 Å². The van der Waals surface area contributed by atoms with Gasteiger partial charge in [0.25, 0.3) is 5.91 Å². The quantitative estimate of drug-likeness (QED) is 0.186. The van der Waals surface area contributed by atoms with Gasteiger partial charge in [-0.15, -0.1) is 0 Å². The molecule has 2 aliphatic heterocycles. The van der Waals surface area contributed by atoms with Crippen LogP contribution in [0.15, 0.2) is 84.0 Å². The summed E-state index contributed by atoms with van der Waals surface area (Å²) in [5.74, 6) is 0.0343. The molecule has 3 heterocycles. The molecular weight excluding hydrogens is 553 g/mol. The van der Waals surface area contributed by atoms with Crippen LogP contribution in [0, 0.1) is 11.2 Å². The predicted octanol–water partition coefficient (Wildman–Crippen LogP) is 5.59. The lowest BCUT2D eigenvalue weighted by Gasteiger charge is -2.33. The third-order valence-corrected chi connectivity index (χ3v) is 7.62. The van der Waals surface area contributed by atoms with E-state index in [2.05, 4.69) is 27.9 Å². The Kier molecular flexibility index (Phi) is 7.69. The molecular formula is C32H29ClFN7O. The highest BCUT2D eigenvalue weighted by Gasteiger charge is 2.23. The second kappa shape index (κ2) is 11.7. The molecule has 0 bridgehead atoms. The Morgan fingerprint density at radius 3 is 2.64 bits per heavy atom. The van der Waals surface area contributed by atoms with Crippen molar-refractivity contribution in [2.75, 3.05) is 25.0 Å². The van der Waals surface area contributed by atoms with Crippen molar-refractivity contribution >= 4 is 40.7 Å². The second-order valence-electron chi connectivity index (χ2n) is 10.4. The van der Waals surface area contributed by atoms with Crippen molar-refractivity contribution in [2.24, 2.45) is 4.99 Å². The molecule has 1 fully saturated rings. The Balaban J connectivity index is 1.21. The van der Waals surface area contributed by atoms with Crippen molar-refractivity contribution in [3.63, 3.8) is 0 Å². The molecule has 4 aromatic rings. The zero-order chi connectivity index (χ0) is 29.2. The molecule has 1 saturated heterocycles. The Bertz CT molecular complexity index is 1710. The summed E-state index contributed by atoms with van der Waals surface area (Å²) in [4.78, 5) is 24.0. The molecule has 42 heavy (non-hydrogen) atoms. The van der Waals surface area contributed by atoms with Gasteiger partial charge in [0.05, 0.1) is 12.3 Å². The SMILES string of the molecule is CC1CN(C(=N)NC(=O)c2ccc(Nc3cc4c(cn3)CN=C(c3ccccc3F)c3cc(Cl)ccc3-4)cc2)CCN1. The van der Waals surface area contributed by atoms with Crippen LogP contribution >= 0.6 is 11.6 Å². The summed E-state index contributed by atoms with van der Waals surface area (Å²) >= 11 is 6.38. The van der Waals surface area contributed by atoms with Crippen LogP contribution in [0.2, 0.25) is 5.02 Å². The van der Waals surface area contributed by atoms with E-state index in [1.54, 1.807) is 48.7 Å². The number of aromatic nitrogens is 1. The van der Waals surface area contributed by atoms with Crippen molar-refractivity contribution in [3.8, 4) is 11.1 Å². The number of aliphatic imine (C=N–C) groups is 1. The monoisotopic (exact) mass is 581 g/mol. The molecule has 0 spiro atoms. The maximum absolute atomic E-state index is 14.8. The molecule has 0 radical (unpaired) electrons. The van der Waals surface area contributed by atoms with Crippen LogP contribution in [0.25, 0.3) is 11.1 Å². The highest BCUT2D eigenvalue weighted by molar-refractivity contribution is 6.31. The number of hydrogen-bond donors (Lipinski definition) is 4. The van der Waals surface area contributed by atoms with Crippen LogP contribution < -0.4 is 16.0 Å². The molecule has 212 valence electrons. The number of piperazine rings is 1. The fraction of sp³-hybridized carbons (Fsp3) is 0.188. The second-order valence-corrected chi connectivity index (χ2v) is 10.8. The van der Waals surface area contributed by atoms with E-state index in [4.69, 9.17) is 22.0 Å². The van der Waals surface area contributed by atoms with Crippen molar-refractivity contribution in [2.45, 2.75) is 19.5 Å². The third kappa shape index (κ3) is 5.74. The first-order valence-corrected chi connectivity index (χ1v) is 14.1. The van der Waals surface area contributed by atoms with Crippen LogP contribution in [0.5, 0.6) is 0 Å². The van der Waals surface area contributed by atoms with E-state index in [9.17, 15) is 9.18 Å². The zero-order valence-corrected chi connectivity index (χ0v) is 23.7. The van der Waals surface area contributed by atoms with Gasteiger partial charge in [-0.2, -0.15) is 0 Å². The summed E-state index contributed by atoms with van der Waals surface area (Å²) in [5.41, 5.74) is 5.62. The number of rotatable bonds is 4. The van der Waals surface area contributed by atoms with Crippen molar-refractivity contribution in [1.82, 2.24) is 20.5 Å². The number of benzene rings is 3. The molecule has 1 amide bonds. The smallest absolute Gasteiger partial charge is 0.257 e. The standard InChI is InChI=1S/C32H29ClFN7O/c1-19-18-41(13-12-36-19)32(35)40-31(42)20-6-9-23(10-7-20)39-29-15-26-21(16-37-29)17-38-30(25-4-2-3-5-28(25)34)27-14-22(33)8-11-24(26)27/h2-11,14-16,19,36H,12-13,17-18H2,1H3,(H,37,39)(H2,35,40,42). The lowest BCUT2D eigenvalue weighted by molar-refractivity contribution is 0.0970. The average Bonchev–Trinajstić information content (AvgIpc) is 3.14. The lowest BCUT2D eigenvalue weighted by atomic mass is 9.92. The maximum atomic E-state index is 14.8.